The first kappa shape index (κ1) is 12.0. The minimum Gasteiger partial charge on any atom is -0.489 e. The average molecular weight is 234 g/mol. The van der Waals surface area contributed by atoms with E-state index in [2.05, 4.69) is 12.1 Å². The molecule has 2 rings (SSSR count). The van der Waals surface area contributed by atoms with Crippen LogP contribution in [0.4, 0.5) is 0 Å². The molecule has 0 fully saturated rings. The molecule has 0 saturated carbocycles. The monoisotopic (exact) mass is 234 g/mol. The van der Waals surface area contributed by atoms with E-state index in [1.807, 2.05) is 27.7 Å². The van der Waals surface area contributed by atoms with Gasteiger partial charge in [0.2, 0.25) is 0 Å². The minimum absolute atomic E-state index is 0.101. The van der Waals surface area contributed by atoms with E-state index in [9.17, 15) is 4.79 Å². The van der Waals surface area contributed by atoms with Crippen LogP contribution in [0.15, 0.2) is 12.1 Å². The lowest BCUT2D eigenvalue weighted by Gasteiger charge is -2.26. The summed E-state index contributed by atoms with van der Waals surface area (Å²) >= 11 is 0. The zero-order chi connectivity index (χ0) is 12.8. The summed E-state index contributed by atoms with van der Waals surface area (Å²) in [5, 5.41) is 9.07. The number of carboxylic acid groups (broad SMARTS) is 1. The van der Waals surface area contributed by atoms with E-state index < -0.39 is 11.4 Å². The molecule has 0 saturated heterocycles. The van der Waals surface area contributed by atoms with Crippen molar-refractivity contribution in [2.24, 2.45) is 0 Å². The summed E-state index contributed by atoms with van der Waals surface area (Å²) in [6.45, 7) is 7.94. The Morgan fingerprint density at radius 1 is 1.47 bits per heavy atom. The Morgan fingerprint density at radius 2 is 2.12 bits per heavy atom. The highest BCUT2D eigenvalue weighted by Crippen LogP contribution is 2.47. The molecule has 1 aliphatic heterocycles. The van der Waals surface area contributed by atoms with Gasteiger partial charge in [-0.1, -0.05) is 24.6 Å². The highest BCUT2D eigenvalue weighted by molar-refractivity contribution is 5.70. The zero-order valence-electron chi connectivity index (χ0n) is 10.7. The topological polar surface area (TPSA) is 46.5 Å². The van der Waals surface area contributed by atoms with Crippen molar-refractivity contribution in [2.45, 2.75) is 45.6 Å². The molecule has 17 heavy (non-hydrogen) atoms. The predicted octanol–water partition coefficient (Wildman–Crippen LogP) is 2.82. The van der Waals surface area contributed by atoms with Crippen molar-refractivity contribution in [3.05, 3.63) is 28.8 Å². The second-order valence-corrected chi connectivity index (χ2v) is 5.21. The van der Waals surface area contributed by atoms with E-state index >= 15 is 0 Å². The standard InChI is InChI=1S/C14H18O3/c1-8-5-9(2)13-11(6-8)14(4,7-12(15)16)10(3)17-13/h5-6,10H,7H2,1-4H3,(H,15,16). The molecule has 0 aromatic heterocycles. The number of aryl methyl sites for hydroxylation is 2. The van der Waals surface area contributed by atoms with E-state index in [0.29, 0.717) is 0 Å². The molecule has 2 unspecified atom stereocenters. The van der Waals surface area contributed by atoms with E-state index in [4.69, 9.17) is 9.84 Å². The number of hydrogen-bond donors (Lipinski definition) is 1. The van der Waals surface area contributed by atoms with Crippen LogP contribution >= 0.6 is 0 Å². The highest BCUT2D eigenvalue weighted by Gasteiger charge is 2.44. The number of carboxylic acids is 1. The maximum atomic E-state index is 11.0. The molecule has 3 nitrogen and oxygen atoms in total. The van der Waals surface area contributed by atoms with Crippen LogP contribution < -0.4 is 4.74 Å². The fourth-order valence-electron chi connectivity index (χ4n) is 2.61. The molecule has 0 spiro atoms. The molecular weight excluding hydrogens is 216 g/mol. The van der Waals surface area contributed by atoms with E-state index in [1.54, 1.807) is 0 Å². The van der Waals surface area contributed by atoms with Gasteiger partial charge in [0.05, 0.1) is 6.42 Å². The summed E-state index contributed by atoms with van der Waals surface area (Å²) in [5.74, 6) is 0.0850. The maximum Gasteiger partial charge on any atom is 0.304 e. The molecule has 92 valence electrons. The molecule has 0 bridgehead atoms. The molecule has 0 amide bonds. The van der Waals surface area contributed by atoms with Crippen molar-refractivity contribution < 1.29 is 14.6 Å². The highest BCUT2D eigenvalue weighted by atomic mass is 16.5. The van der Waals surface area contributed by atoms with Crippen molar-refractivity contribution >= 4 is 5.97 Å². The Morgan fingerprint density at radius 3 is 2.71 bits per heavy atom. The second kappa shape index (κ2) is 3.76. The third kappa shape index (κ3) is 1.79. The van der Waals surface area contributed by atoms with Crippen LogP contribution in [-0.2, 0) is 10.2 Å². The fourth-order valence-corrected chi connectivity index (χ4v) is 2.61. The van der Waals surface area contributed by atoms with Gasteiger partial charge in [0.15, 0.2) is 0 Å². The first-order valence-electron chi connectivity index (χ1n) is 5.85. The van der Waals surface area contributed by atoms with Gasteiger partial charge in [0, 0.05) is 11.0 Å². The molecular formula is C14H18O3. The molecule has 2 atom stereocenters. The summed E-state index contributed by atoms with van der Waals surface area (Å²) in [7, 11) is 0. The summed E-state index contributed by atoms with van der Waals surface area (Å²) in [6, 6.07) is 4.12. The minimum atomic E-state index is -0.782. The molecule has 1 aliphatic rings. The number of carbonyl (C=O) groups is 1. The average Bonchev–Trinajstić information content (AvgIpc) is 2.41. The first-order valence-corrected chi connectivity index (χ1v) is 5.85. The third-order valence-electron chi connectivity index (χ3n) is 3.74. The molecule has 0 aliphatic carbocycles. The lowest BCUT2D eigenvalue weighted by atomic mass is 9.76. The molecule has 1 aromatic carbocycles. The first-order chi connectivity index (χ1) is 7.84. The number of ether oxygens (including phenoxy) is 1. The number of benzene rings is 1. The van der Waals surface area contributed by atoms with Gasteiger partial charge in [0.1, 0.15) is 11.9 Å². The van der Waals surface area contributed by atoms with Gasteiger partial charge in [0.25, 0.3) is 0 Å². The van der Waals surface area contributed by atoms with Crippen LogP contribution in [-0.4, -0.2) is 17.2 Å². The van der Waals surface area contributed by atoms with Gasteiger partial charge in [-0.2, -0.15) is 0 Å². The molecule has 0 radical (unpaired) electrons. The van der Waals surface area contributed by atoms with E-state index in [1.165, 1.54) is 0 Å². The van der Waals surface area contributed by atoms with Crippen LogP contribution in [0.5, 0.6) is 5.75 Å². The predicted molar refractivity (Wildman–Crippen MR) is 65.6 cm³/mol. The molecule has 1 heterocycles. The Bertz CT molecular complexity index is 479. The number of rotatable bonds is 2. The van der Waals surface area contributed by atoms with Crippen molar-refractivity contribution in [1.82, 2.24) is 0 Å². The summed E-state index contributed by atoms with van der Waals surface area (Å²) in [6.07, 6.45) is -0.00144. The Balaban J connectivity index is 2.56. The van der Waals surface area contributed by atoms with Gasteiger partial charge in [-0.15, -0.1) is 0 Å². The van der Waals surface area contributed by atoms with Crippen LogP contribution in [0.3, 0.4) is 0 Å². The van der Waals surface area contributed by atoms with Crippen molar-refractivity contribution in [2.75, 3.05) is 0 Å². The zero-order valence-corrected chi connectivity index (χ0v) is 10.7. The summed E-state index contributed by atoms with van der Waals surface area (Å²) in [5.41, 5.74) is 2.83. The van der Waals surface area contributed by atoms with Crippen LogP contribution in [0.2, 0.25) is 0 Å². The van der Waals surface area contributed by atoms with Crippen molar-refractivity contribution in [3.8, 4) is 5.75 Å². The van der Waals surface area contributed by atoms with Gasteiger partial charge < -0.3 is 9.84 Å². The smallest absolute Gasteiger partial charge is 0.304 e. The number of aliphatic carboxylic acids is 1. The molecule has 1 N–H and O–H groups in total. The largest absolute Gasteiger partial charge is 0.489 e. The summed E-state index contributed by atoms with van der Waals surface area (Å²) in [4.78, 5) is 11.0. The number of hydrogen-bond acceptors (Lipinski definition) is 2. The van der Waals surface area contributed by atoms with E-state index in [0.717, 1.165) is 22.4 Å². The molecule has 3 heteroatoms. The Labute approximate surface area is 101 Å². The lowest BCUT2D eigenvalue weighted by Crippen LogP contribution is -2.35. The Kier molecular flexibility index (Phi) is 2.64. The lowest BCUT2D eigenvalue weighted by molar-refractivity contribution is -0.139. The Hall–Kier alpha value is -1.51. The van der Waals surface area contributed by atoms with Crippen molar-refractivity contribution in [3.63, 3.8) is 0 Å². The van der Waals surface area contributed by atoms with Crippen LogP contribution in [0.25, 0.3) is 0 Å². The molecule has 1 aromatic rings. The normalized spacial score (nSPS) is 26.5. The summed E-state index contributed by atoms with van der Waals surface area (Å²) < 4.78 is 5.85. The van der Waals surface area contributed by atoms with Gasteiger partial charge in [-0.25, -0.2) is 0 Å². The quantitative estimate of drug-likeness (QED) is 0.855. The van der Waals surface area contributed by atoms with Gasteiger partial charge in [-0.05, 0) is 26.3 Å². The third-order valence-corrected chi connectivity index (χ3v) is 3.74. The van der Waals surface area contributed by atoms with Gasteiger partial charge in [-0.3, -0.25) is 4.79 Å². The SMILES string of the molecule is Cc1cc(C)c2c(c1)C(C)(CC(=O)O)C(C)O2. The van der Waals surface area contributed by atoms with Crippen molar-refractivity contribution in [1.29, 1.82) is 0 Å². The maximum absolute atomic E-state index is 11.0. The number of fused-ring (bicyclic) bond motifs is 1. The van der Waals surface area contributed by atoms with Crippen LogP contribution in [0, 0.1) is 13.8 Å². The van der Waals surface area contributed by atoms with Gasteiger partial charge >= 0.3 is 5.97 Å². The van der Waals surface area contributed by atoms with E-state index in [-0.39, 0.29) is 12.5 Å². The second-order valence-electron chi connectivity index (χ2n) is 5.21. The van der Waals surface area contributed by atoms with Crippen LogP contribution in [0.1, 0.15) is 37.0 Å². The fraction of sp³-hybridized carbons (Fsp3) is 0.500.